The summed E-state index contributed by atoms with van der Waals surface area (Å²) in [5.74, 6) is 0.425. The average molecular weight is 239 g/mol. The summed E-state index contributed by atoms with van der Waals surface area (Å²) in [5.41, 5.74) is 5.38. The Morgan fingerprint density at radius 3 is 2.94 bits per heavy atom. The highest BCUT2D eigenvalue weighted by molar-refractivity contribution is 6.32. The molecule has 0 radical (unpaired) electrons. The first-order valence-electron chi connectivity index (χ1n) is 4.25. The minimum Gasteiger partial charge on any atom is -0.351 e. The molecule has 0 aromatic carbocycles. The molecule has 0 saturated carbocycles. The molecule has 2 aromatic heterocycles. The molecule has 8 heteroatoms. The molecule has 0 unspecified atom stereocenters. The van der Waals surface area contributed by atoms with E-state index in [9.17, 15) is 4.79 Å². The molecule has 2 aromatic rings. The Morgan fingerprint density at radius 2 is 2.38 bits per heavy atom. The van der Waals surface area contributed by atoms with E-state index in [1.807, 2.05) is 0 Å². The van der Waals surface area contributed by atoms with Crippen LogP contribution in [0, 0.1) is 0 Å². The van der Waals surface area contributed by atoms with Gasteiger partial charge in [-0.3, -0.25) is 0 Å². The number of anilines is 1. The van der Waals surface area contributed by atoms with Crippen molar-refractivity contribution in [1.82, 2.24) is 20.0 Å². The van der Waals surface area contributed by atoms with Crippen LogP contribution in [-0.4, -0.2) is 26.0 Å². The normalized spacial score (nSPS) is 10.1. The molecule has 0 aliphatic rings. The number of amides is 2. The predicted octanol–water partition coefficient (Wildman–Crippen LogP) is 0.806. The van der Waals surface area contributed by atoms with Crippen LogP contribution < -0.4 is 11.1 Å². The SMILES string of the molecule is NC(=O)Nc1cnc(-n2ccnn2)c(Cl)c1. The standard InChI is InChI=1S/C8H7ClN6O/c9-6-3-5(13-8(10)16)4-11-7(6)15-2-1-12-14-15/h1-4H,(H3,10,13,16). The van der Waals surface area contributed by atoms with Gasteiger partial charge in [-0.05, 0) is 6.07 Å². The lowest BCUT2D eigenvalue weighted by atomic mass is 10.4. The minimum atomic E-state index is -0.675. The molecule has 16 heavy (non-hydrogen) atoms. The number of nitrogens with zero attached hydrogens (tertiary/aromatic N) is 4. The molecule has 0 spiro atoms. The molecule has 82 valence electrons. The van der Waals surface area contributed by atoms with Gasteiger partial charge in [0.15, 0.2) is 5.82 Å². The molecular weight excluding hydrogens is 232 g/mol. The van der Waals surface area contributed by atoms with E-state index in [0.29, 0.717) is 16.5 Å². The van der Waals surface area contributed by atoms with Crippen LogP contribution in [0.5, 0.6) is 0 Å². The van der Waals surface area contributed by atoms with Crippen molar-refractivity contribution in [3.8, 4) is 5.82 Å². The van der Waals surface area contributed by atoms with E-state index in [-0.39, 0.29) is 0 Å². The van der Waals surface area contributed by atoms with Crippen LogP contribution in [0.1, 0.15) is 0 Å². The number of nitrogens with one attached hydrogen (secondary N) is 1. The Morgan fingerprint density at radius 1 is 1.56 bits per heavy atom. The van der Waals surface area contributed by atoms with Crippen LogP contribution in [0.4, 0.5) is 10.5 Å². The third-order valence-corrected chi connectivity index (χ3v) is 2.01. The van der Waals surface area contributed by atoms with Gasteiger partial charge < -0.3 is 11.1 Å². The Balaban J connectivity index is 2.34. The van der Waals surface area contributed by atoms with E-state index in [4.69, 9.17) is 17.3 Å². The van der Waals surface area contributed by atoms with Gasteiger partial charge in [0.1, 0.15) is 0 Å². The highest BCUT2D eigenvalue weighted by atomic mass is 35.5. The van der Waals surface area contributed by atoms with Crippen molar-refractivity contribution in [2.75, 3.05) is 5.32 Å². The highest BCUT2D eigenvalue weighted by Crippen LogP contribution is 2.20. The number of urea groups is 1. The van der Waals surface area contributed by atoms with Crippen molar-refractivity contribution in [3.05, 3.63) is 29.7 Å². The maximum atomic E-state index is 10.6. The first-order valence-corrected chi connectivity index (χ1v) is 4.63. The number of primary amides is 1. The van der Waals surface area contributed by atoms with E-state index in [0.717, 1.165) is 0 Å². The second-order valence-corrected chi connectivity index (χ2v) is 3.27. The molecule has 0 atom stereocenters. The fourth-order valence-electron chi connectivity index (χ4n) is 1.13. The smallest absolute Gasteiger partial charge is 0.316 e. The largest absolute Gasteiger partial charge is 0.351 e. The van der Waals surface area contributed by atoms with Crippen molar-refractivity contribution in [2.24, 2.45) is 5.73 Å². The van der Waals surface area contributed by atoms with Crippen molar-refractivity contribution < 1.29 is 4.79 Å². The van der Waals surface area contributed by atoms with Crippen molar-refractivity contribution >= 4 is 23.3 Å². The van der Waals surface area contributed by atoms with E-state index in [1.165, 1.54) is 23.1 Å². The average Bonchev–Trinajstić information content (AvgIpc) is 2.69. The van der Waals surface area contributed by atoms with Gasteiger partial charge in [0.05, 0.1) is 29.3 Å². The molecule has 0 aliphatic heterocycles. The summed E-state index contributed by atoms with van der Waals surface area (Å²) in [6.07, 6.45) is 4.54. The summed E-state index contributed by atoms with van der Waals surface area (Å²) >= 11 is 5.96. The zero-order valence-corrected chi connectivity index (χ0v) is 8.72. The van der Waals surface area contributed by atoms with Crippen LogP contribution >= 0.6 is 11.6 Å². The van der Waals surface area contributed by atoms with Crippen molar-refractivity contribution in [3.63, 3.8) is 0 Å². The zero-order valence-electron chi connectivity index (χ0n) is 7.96. The van der Waals surface area contributed by atoms with Crippen LogP contribution in [-0.2, 0) is 0 Å². The summed E-state index contributed by atoms with van der Waals surface area (Å²) in [6.45, 7) is 0. The Kier molecular flexibility index (Phi) is 2.69. The summed E-state index contributed by atoms with van der Waals surface area (Å²) in [4.78, 5) is 14.6. The third kappa shape index (κ3) is 2.09. The minimum absolute atomic E-state index is 0.330. The van der Waals surface area contributed by atoms with Gasteiger partial charge in [-0.1, -0.05) is 16.8 Å². The summed E-state index contributed by atoms with van der Waals surface area (Å²) in [5, 5.41) is 10.1. The number of pyridine rings is 1. The second kappa shape index (κ2) is 4.15. The Bertz CT molecular complexity index is 511. The third-order valence-electron chi connectivity index (χ3n) is 1.73. The number of halogens is 1. The van der Waals surface area contributed by atoms with E-state index in [1.54, 1.807) is 6.20 Å². The molecule has 3 N–H and O–H groups in total. The van der Waals surface area contributed by atoms with E-state index < -0.39 is 6.03 Å². The topological polar surface area (TPSA) is 98.7 Å². The lowest BCUT2D eigenvalue weighted by Gasteiger charge is -2.05. The zero-order chi connectivity index (χ0) is 11.5. The molecule has 2 heterocycles. The highest BCUT2D eigenvalue weighted by Gasteiger charge is 2.07. The van der Waals surface area contributed by atoms with E-state index in [2.05, 4.69) is 20.6 Å². The van der Waals surface area contributed by atoms with Gasteiger partial charge in [-0.15, -0.1) is 5.10 Å². The van der Waals surface area contributed by atoms with Crippen LogP contribution in [0.3, 0.4) is 0 Å². The fraction of sp³-hybridized carbons (Fsp3) is 0. The predicted molar refractivity (Wildman–Crippen MR) is 57.4 cm³/mol. The molecule has 0 fully saturated rings. The summed E-state index contributed by atoms with van der Waals surface area (Å²) < 4.78 is 1.41. The first-order chi connectivity index (χ1) is 7.66. The molecular formula is C8H7ClN6O. The van der Waals surface area contributed by atoms with Crippen molar-refractivity contribution in [1.29, 1.82) is 0 Å². The van der Waals surface area contributed by atoms with Crippen LogP contribution in [0.25, 0.3) is 5.82 Å². The molecule has 2 amide bonds. The Labute approximate surface area is 95.2 Å². The van der Waals surface area contributed by atoms with Gasteiger partial charge in [0.25, 0.3) is 0 Å². The monoisotopic (exact) mass is 238 g/mol. The maximum absolute atomic E-state index is 10.6. The van der Waals surface area contributed by atoms with Gasteiger partial charge in [0.2, 0.25) is 0 Å². The van der Waals surface area contributed by atoms with Crippen molar-refractivity contribution in [2.45, 2.75) is 0 Å². The van der Waals surface area contributed by atoms with Gasteiger partial charge in [0, 0.05) is 0 Å². The number of carbonyl (C=O) groups is 1. The lowest BCUT2D eigenvalue weighted by Crippen LogP contribution is -2.19. The number of nitrogens with two attached hydrogens (primary N) is 1. The van der Waals surface area contributed by atoms with Crippen LogP contribution in [0.2, 0.25) is 5.02 Å². The molecule has 0 saturated heterocycles. The van der Waals surface area contributed by atoms with Gasteiger partial charge in [-0.25, -0.2) is 14.5 Å². The number of hydrogen-bond acceptors (Lipinski definition) is 4. The van der Waals surface area contributed by atoms with Gasteiger partial charge in [-0.2, -0.15) is 0 Å². The lowest BCUT2D eigenvalue weighted by molar-refractivity contribution is 0.259. The number of aromatic nitrogens is 4. The quantitative estimate of drug-likeness (QED) is 0.809. The molecule has 0 aliphatic carbocycles. The molecule has 7 nitrogen and oxygen atoms in total. The van der Waals surface area contributed by atoms with Gasteiger partial charge >= 0.3 is 6.03 Å². The summed E-state index contributed by atoms with van der Waals surface area (Å²) in [7, 11) is 0. The molecule has 2 rings (SSSR count). The number of hydrogen-bond donors (Lipinski definition) is 2. The number of rotatable bonds is 2. The second-order valence-electron chi connectivity index (χ2n) is 2.87. The summed E-state index contributed by atoms with van der Waals surface area (Å²) in [6, 6.07) is 0.849. The fourth-order valence-corrected chi connectivity index (χ4v) is 1.38. The first kappa shape index (κ1) is 10.4. The molecule has 0 bridgehead atoms. The van der Waals surface area contributed by atoms with Crippen LogP contribution in [0.15, 0.2) is 24.7 Å². The maximum Gasteiger partial charge on any atom is 0.316 e. The van der Waals surface area contributed by atoms with E-state index >= 15 is 0 Å². The number of carbonyl (C=O) groups excluding carboxylic acids is 1. The Hall–Kier alpha value is -2.15.